The third kappa shape index (κ3) is 2.83. The zero-order valence-corrected chi connectivity index (χ0v) is 12.8. The van der Waals surface area contributed by atoms with Crippen LogP contribution in [0.25, 0.3) is 5.57 Å². The van der Waals surface area contributed by atoms with E-state index in [-0.39, 0.29) is 11.1 Å². The number of carbonyl (C=O) groups is 2. The molecular formula is C17H11ClFNO3. The van der Waals surface area contributed by atoms with Crippen molar-refractivity contribution in [3.8, 4) is 5.75 Å². The number of ketones is 1. The highest BCUT2D eigenvalue weighted by Gasteiger charge is 2.25. The molecule has 0 aromatic heterocycles. The number of halogens is 2. The number of anilines is 1. The number of rotatable bonds is 3. The van der Waals surface area contributed by atoms with Gasteiger partial charge in [-0.05, 0) is 36.4 Å². The van der Waals surface area contributed by atoms with E-state index in [1.54, 1.807) is 18.2 Å². The van der Waals surface area contributed by atoms with Gasteiger partial charge in [0.2, 0.25) is 0 Å². The maximum absolute atomic E-state index is 14.0. The molecule has 1 heterocycles. The van der Waals surface area contributed by atoms with Crippen molar-refractivity contribution in [2.75, 3.05) is 12.4 Å². The first-order valence-electron chi connectivity index (χ1n) is 6.70. The molecule has 0 spiro atoms. The summed E-state index contributed by atoms with van der Waals surface area (Å²) in [5.74, 6) is -1.44. The van der Waals surface area contributed by atoms with E-state index in [1.807, 2.05) is 0 Å². The van der Waals surface area contributed by atoms with Gasteiger partial charge in [-0.3, -0.25) is 9.59 Å². The molecule has 116 valence electrons. The van der Waals surface area contributed by atoms with Gasteiger partial charge in [-0.1, -0.05) is 11.6 Å². The highest BCUT2D eigenvalue weighted by atomic mass is 35.5. The van der Waals surface area contributed by atoms with Crippen molar-refractivity contribution < 1.29 is 18.7 Å². The third-order valence-corrected chi connectivity index (χ3v) is 3.72. The molecule has 0 radical (unpaired) electrons. The summed E-state index contributed by atoms with van der Waals surface area (Å²) >= 11 is 5.92. The molecule has 0 atom stereocenters. The fraction of sp³-hybridized carbons (Fsp3) is 0.0588. The molecule has 0 fully saturated rings. The van der Waals surface area contributed by atoms with Gasteiger partial charge in [0.25, 0.3) is 5.91 Å². The van der Waals surface area contributed by atoms with Crippen LogP contribution in [-0.4, -0.2) is 18.8 Å². The summed E-state index contributed by atoms with van der Waals surface area (Å²) < 4.78 is 18.9. The summed E-state index contributed by atoms with van der Waals surface area (Å²) in [4.78, 5) is 24.3. The van der Waals surface area contributed by atoms with E-state index in [9.17, 15) is 14.0 Å². The van der Waals surface area contributed by atoms with Gasteiger partial charge in [-0.15, -0.1) is 0 Å². The largest absolute Gasteiger partial charge is 0.497 e. The fourth-order valence-corrected chi connectivity index (χ4v) is 2.51. The Bertz CT molecular complexity index is 861. The lowest BCUT2D eigenvalue weighted by molar-refractivity contribution is -0.110. The van der Waals surface area contributed by atoms with Crippen molar-refractivity contribution in [3.05, 3.63) is 64.4 Å². The molecule has 4 nitrogen and oxygen atoms in total. The van der Waals surface area contributed by atoms with E-state index in [4.69, 9.17) is 16.3 Å². The van der Waals surface area contributed by atoms with Gasteiger partial charge < -0.3 is 10.1 Å². The van der Waals surface area contributed by atoms with Gasteiger partial charge in [0, 0.05) is 22.3 Å². The van der Waals surface area contributed by atoms with Crippen LogP contribution in [0.3, 0.4) is 0 Å². The van der Waals surface area contributed by atoms with E-state index in [2.05, 4.69) is 5.32 Å². The monoisotopic (exact) mass is 331 g/mol. The van der Waals surface area contributed by atoms with Gasteiger partial charge in [-0.25, -0.2) is 4.39 Å². The van der Waals surface area contributed by atoms with Gasteiger partial charge in [0.15, 0.2) is 5.78 Å². The molecule has 23 heavy (non-hydrogen) atoms. The standard InChI is InChI=1S/C17H11ClFNO3/c1-23-10-3-4-11(14(19)7-10)16(21)8-13-12-6-9(18)2-5-15(12)20-17(13)22/h2-8H,1H3,(H,20,22)/b13-8-. The van der Waals surface area contributed by atoms with Gasteiger partial charge >= 0.3 is 0 Å². The van der Waals surface area contributed by atoms with Crippen molar-refractivity contribution >= 4 is 34.6 Å². The second-order valence-corrected chi connectivity index (χ2v) is 5.35. The number of ether oxygens (including phenoxy) is 1. The molecular weight excluding hydrogens is 321 g/mol. The summed E-state index contributed by atoms with van der Waals surface area (Å²) in [6, 6.07) is 8.78. The SMILES string of the molecule is COc1ccc(C(=O)/C=C2\C(=O)Nc3ccc(Cl)cc32)c(F)c1. The number of allylic oxidation sites excluding steroid dienone is 1. The van der Waals surface area contributed by atoms with E-state index >= 15 is 0 Å². The molecule has 0 saturated carbocycles. The molecule has 6 heteroatoms. The number of nitrogens with one attached hydrogen (secondary N) is 1. The zero-order chi connectivity index (χ0) is 16.6. The lowest BCUT2D eigenvalue weighted by Gasteiger charge is -2.03. The summed E-state index contributed by atoms with van der Waals surface area (Å²) in [5.41, 5.74) is 1.10. The van der Waals surface area contributed by atoms with Crippen molar-refractivity contribution in [3.63, 3.8) is 0 Å². The van der Waals surface area contributed by atoms with Crippen LogP contribution in [0, 0.1) is 5.82 Å². The normalized spacial score (nSPS) is 14.6. The topological polar surface area (TPSA) is 55.4 Å². The highest BCUT2D eigenvalue weighted by molar-refractivity contribution is 6.36. The number of carbonyl (C=O) groups excluding carboxylic acids is 2. The summed E-state index contributed by atoms with van der Waals surface area (Å²) in [7, 11) is 1.40. The molecule has 1 N–H and O–H groups in total. The van der Waals surface area contributed by atoms with Gasteiger partial charge in [-0.2, -0.15) is 0 Å². The highest BCUT2D eigenvalue weighted by Crippen LogP contribution is 2.34. The average molecular weight is 332 g/mol. The van der Waals surface area contributed by atoms with Crippen LogP contribution in [0.1, 0.15) is 15.9 Å². The number of methoxy groups -OCH3 is 1. The third-order valence-electron chi connectivity index (χ3n) is 3.48. The van der Waals surface area contributed by atoms with Crippen LogP contribution in [0.2, 0.25) is 5.02 Å². The van der Waals surface area contributed by atoms with Crippen molar-refractivity contribution in [1.82, 2.24) is 0 Å². The summed E-state index contributed by atoms with van der Waals surface area (Å²) in [6.07, 6.45) is 1.11. The van der Waals surface area contributed by atoms with Crippen molar-refractivity contribution in [2.24, 2.45) is 0 Å². The molecule has 3 rings (SSSR count). The Morgan fingerprint density at radius 3 is 2.74 bits per heavy atom. The maximum atomic E-state index is 14.0. The quantitative estimate of drug-likeness (QED) is 0.689. The van der Waals surface area contributed by atoms with Crippen LogP contribution in [-0.2, 0) is 4.79 Å². The lowest BCUT2D eigenvalue weighted by atomic mass is 10.0. The van der Waals surface area contributed by atoms with Crippen LogP contribution in [0.5, 0.6) is 5.75 Å². The molecule has 1 aliphatic rings. The predicted octanol–water partition coefficient (Wildman–Crippen LogP) is 3.71. The number of hydrogen-bond donors (Lipinski definition) is 1. The minimum absolute atomic E-state index is 0.137. The molecule has 0 aliphatic carbocycles. The Morgan fingerprint density at radius 2 is 2.04 bits per heavy atom. The number of hydrogen-bond acceptors (Lipinski definition) is 3. The predicted molar refractivity (Wildman–Crippen MR) is 85.3 cm³/mol. The molecule has 0 unspecified atom stereocenters. The second-order valence-electron chi connectivity index (χ2n) is 4.91. The van der Waals surface area contributed by atoms with E-state index in [1.165, 1.54) is 19.2 Å². The summed E-state index contributed by atoms with van der Waals surface area (Å²) in [5, 5.41) is 3.07. The van der Waals surface area contributed by atoms with Crippen molar-refractivity contribution in [2.45, 2.75) is 0 Å². The van der Waals surface area contributed by atoms with E-state index in [0.717, 1.165) is 12.1 Å². The minimum atomic E-state index is -0.712. The van der Waals surface area contributed by atoms with Crippen LogP contribution < -0.4 is 10.1 Å². The smallest absolute Gasteiger partial charge is 0.256 e. The lowest BCUT2D eigenvalue weighted by Crippen LogP contribution is -2.07. The Hall–Kier alpha value is -2.66. The summed E-state index contributed by atoms with van der Waals surface area (Å²) in [6.45, 7) is 0. The maximum Gasteiger partial charge on any atom is 0.256 e. The van der Waals surface area contributed by atoms with Gasteiger partial charge in [0.05, 0.1) is 18.2 Å². The fourth-order valence-electron chi connectivity index (χ4n) is 2.34. The first-order valence-corrected chi connectivity index (χ1v) is 7.08. The van der Waals surface area contributed by atoms with Crippen LogP contribution >= 0.6 is 11.6 Å². The van der Waals surface area contributed by atoms with E-state index in [0.29, 0.717) is 22.0 Å². The average Bonchev–Trinajstić information content (AvgIpc) is 2.82. The number of fused-ring (bicyclic) bond motifs is 1. The molecule has 0 saturated heterocycles. The Labute approximate surface area is 136 Å². The van der Waals surface area contributed by atoms with Crippen LogP contribution in [0.15, 0.2) is 42.5 Å². The molecule has 1 amide bonds. The number of amides is 1. The molecule has 1 aliphatic heterocycles. The first-order chi connectivity index (χ1) is 11.0. The van der Waals surface area contributed by atoms with E-state index < -0.39 is 17.5 Å². The first kappa shape index (κ1) is 15.2. The molecule has 0 bridgehead atoms. The number of benzene rings is 2. The van der Waals surface area contributed by atoms with Crippen molar-refractivity contribution in [1.29, 1.82) is 0 Å². The molecule has 2 aromatic carbocycles. The molecule has 2 aromatic rings. The zero-order valence-electron chi connectivity index (χ0n) is 12.0. The van der Waals surface area contributed by atoms with Crippen LogP contribution in [0.4, 0.5) is 10.1 Å². The Morgan fingerprint density at radius 1 is 1.26 bits per heavy atom. The minimum Gasteiger partial charge on any atom is -0.497 e. The Kier molecular flexibility index (Phi) is 3.88. The Balaban J connectivity index is 2.01. The second kappa shape index (κ2) is 5.85. The van der Waals surface area contributed by atoms with Gasteiger partial charge in [0.1, 0.15) is 11.6 Å².